The minimum atomic E-state index is 0.488. The molecule has 3 nitrogen and oxygen atoms in total. The topological polar surface area (TPSA) is 18.5 Å². The number of halogens is 1. The van der Waals surface area contributed by atoms with Crippen LogP contribution < -0.4 is 5.32 Å². The molecule has 1 fully saturated rings. The molecular weight excluding hydrogens is 314 g/mol. The summed E-state index contributed by atoms with van der Waals surface area (Å²) in [4.78, 5) is 4.98. The molecule has 2 unspecified atom stereocenters. The van der Waals surface area contributed by atoms with Crippen molar-refractivity contribution in [3.05, 3.63) is 34.3 Å². The van der Waals surface area contributed by atoms with Crippen molar-refractivity contribution in [2.75, 3.05) is 40.8 Å². The number of nitrogens with zero attached hydrogens (tertiary/aromatic N) is 2. The van der Waals surface area contributed by atoms with Crippen molar-refractivity contribution in [3.8, 4) is 0 Å². The molecule has 2 atom stereocenters. The maximum Gasteiger partial charge on any atom is 0.0376 e. The Labute approximate surface area is 131 Å². The molecule has 0 saturated carbocycles. The van der Waals surface area contributed by atoms with Crippen LogP contribution in [0.2, 0.25) is 0 Å². The van der Waals surface area contributed by atoms with E-state index in [-0.39, 0.29) is 0 Å². The van der Waals surface area contributed by atoms with Gasteiger partial charge in [-0.25, -0.2) is 0 Å². The molecular formula is C16H26BrN3. The van der Waals surface area contributed by atoms with Gasteiger partial charge in [0.2, 0.25) is 0 Å². The van der Waals surface area contributed by atoms with E-state index in [1.165, 1.54) is 25.1 Å². The second-order valence-corrected chi connectivity index (χ2v) is 6.81. The van der Waals surface area contributed by atoms with Gasteiger partial charge in [-0.1, -0.05) is 28.1 Å². The predicted octanol–water partition coefficient (Wildman–Crippen LogP) is 2.22. The fourth-order valence-corrected chi connectivity index (χ4v) is 3.31. The van der Waals surface area contributed by atoms with Gasteiger partial charge in [-0.05, 0) is 64.8 Å². The molecule has 0 amide bonds. The van der Waals surface area contributed by atoms with Crippen LogP contribution >= 0.6 is 15.9 Å². The number of benzene rings is 1. The fraction of sp³-hybridized carbons (Fsp3) is 0.625. The molecule has 0 aliphatic carbocycles. The minimum Gasteiger partial charge on any atom is -0.315 e. The van der Waals surface area contributed by atoms with Gasteiger partial charge in [0.15, 0.2) is 0 Å². The molecule has 1 aromatic carbocycles. The molecule has 0 spiro atoms. The Morgan fingerprint density at radius 2 is 1.95 bits per heavy atom. The first-order valence-electron chi connectivity index (χ1n) is 7.40. The summed E-state index contributed by atoms with van der Waals surface area (Å²) in [7, 11) is 6.58. The maximum atomic E-state index is 3.53. The Morgan fingerprint density at radius 1 is 1.25 bits per heavy atom. The van der Waals surface area contributed by atoms with Gasteiger partial charge < -0.3 is 15.1 Å². The molecule has 0 aromatic heterocycles. The van der Waals surface area contributed by atoms with Crippen LogP contribution in [0.3, 0.4) is 0 Å². The van der Waals surface area contributed by atoms with Crippen molar-refractivity contribution >= 4 is 15.9 Å². The zero-order valence-corrected chi connectivity index (χ0v) is 14.4. The van der Waals surface area contributed by atoms with E-state index in [1.807, 2.05) is 0 Å². The van der Waals surface area contributed by atoms with Gasteiger partial charge in [0, 0.05) is 23.1 Å². The highest BCUT2D eigenvalue weighted by atomic mass is 79.9. The monoisotopic (exact) mass is 339 g/mol. The van der Waals surface area contributed by atoms with Gasteiger partial charge in [-0.3, -0.25) is 0 Å². The van der Waals surface area contributed by atoms with Crippen LogP contribution in [0.15, 0.2) is 28.7 Å². The van der Waals surface area contributed by atoms with E-state index in [0.717, 1.165) is 17.4 Å². The minimum absolute atomic E-state index is 0.488. The molecule has 2 rings (SSSR count). The van der Waals surface area contributed by atoms with E-state index in [0.29, 0.717) is 12.1 Å². The van der Waals surface area contributed by atoms with Crippen LogP contribution in [0.25, 0.3) is 0 Å². The second-order valence-electron chi connectivity index (χ2n) is 5.89. The first-order valence-corrected chi connectivity index (χ1v) is 8.20. The largest absolute Gasteiger partial charge is 0.315 e. The number of likely N-dealkylation sites (N-methyl/N-ethyl adjacent to an activating group) is 3. The van der Waals surface area contributed by atoms with Crippen LogP contribution in [0.4, 0.5) is 0 Å². The average molecular weight is 340 g/mol. The van der Waals surface area contributed by atoms with Crippen molar-refractivity contribution in [2.24, 2.45) is 0 Å². The summed E-state index contributed by atoms with van der Waals surface area (Å²) in [5.41, 5.74) is 1.40. The highest BCUT2D eigenvalue weighted by Crippen LogP contribution is 2.16. The number of hydrogen-bond donors (Lipinski definition) is 1. The third-order valence-electron chi connectivity index (χ3n) is 4.32. The normalized spacial score (nSPS) is 23.5. The van der Waals surface area contributed by atoms with Crippen molar-refractivity contribution in [2.45, 2.75) is 24.9 Å². The van der Waals surface area contributed by atoms with Gasteiger partial charge in [0.05, 0.1) is 0 Å². The van der Waals surface area contributed by atoms with Gasteiger partial charge in [-0.15, -0.1) is 0 Å². The van der Waals surface area contributed by atoms with Gasteiger partial charge in [0.1, 0.15) is 0 Å². The first kappa shape index (κ1) is 16.0. The second kappa shape index (κ2) is 7.55. The summed E-state index contributed by atoms with van der Waals surface area (Å²) in [5, 5.41) is 3.53. The van der Waals surface area contributed by atoms with Gasteiger partial charge >= 0.3 is 0 Å². The lowest BCUT2D eigenvalue weighted by molar-refractivity contribution is 0.181. The smallest absolute Gasteiger partial charge is 0.0376 e. The molecule has 20 heavy (non-hydrogen) atoms. The molecule has 1 N–H and O–H groups in total. The lowest BCUT2D eigenvalue weighted by Gasteiger charge is -2.34. The first-order chi connectivity index (χ1) is 9.60. The van der Waals surface area contributed by atoms with Crippen LogP contribution in [0, 0.1) is 0 Å². The molecule has 1 aromatic rings. The third-order valence-corrected chi connectivity index (χ3v) is 4.85. The van der Waals surface area contributed by atoms with E-state index in [9.17, 15) is 0 Å². The Bertz CT molecular complexity index is 407. The number of rotatable bonds is 4. The van der Waals surface area contributed by atoms with E-state index in [2.05, 4.69) is 76.5 Å². The molecule has 0 bridgehead atoms. The van der Waals surface area contributed by atoms with Crippen molar-refractivity contribution in [3.63, 3.8) is 0 Å². The summed E-state index contributed by atoms with van der Waals surface area (Å²) in [6.45, 7) is 3.53. The Balaban J connectivity index is 2.07. The van der Waals surface area contributed by atoms with E-state index < -0.39 is 0 Å². The summed E-state index contributed by atoms with van der Waals surface area (Å²) in [5.74, 6) is 0. The fourth-order valence-electron chi connectivity index (χ4n) is 3.05. The standard InChI is InChI=1S/C16H26BrN3/c1-18-15(11-13-5-7-14(17)8-6-13)16-12-19(2)9-4-10-20(16)3/h5-8,15-16,18H,4,9-12H2,1-3H3. The zero-order chi connectivity index (χ0) is 14.5. The molecule has 1 heterocycles. The SMILES string of the molecule is CNC(Cc1ccc(Br)cc1)C1CN(C)CCCN1C. The Hall–Kier alpha value is -0.420. The van der Waals surface area contributed by atoms with Gasteiger partial charge in [0.25, 0.3) is 0 Å². The summed E-state index contributed by atoms with van der Waals surface area (Å²) in [6.07, 6.45) is 2.34. The predicted molar refractivity (Wildman–Crippen MR) is 89.2 cm³/mol. The molecule has 112 valence electrons. The van der Waals surface area contributed by atoms with E-state index in [4.69, 9.17) is 0 Å². The molecule has 0 radical (unpaired) electrons. The molecule has 1 saturated heterocycles. The maximum absolute atomic E-state index is 3.53. The van der Waals surface area contributed by atoms with Crippen LogP contribution in [0.5, 0.6) is 0 Å². The van der Waals surface area contributed by atoms with Crippen molar-refractivity contribution in [1.29, 1.82) is 0 Å². The summed E-state index contributed by atoms with van der Waals surface area (Å²) in [6, 6.07) is 9.75. The Morgan fingerprint density at radius 3 is 2.60 bits per heavy atom. The Kier molecular flexibility index (Phi) is 6.02. The quantitative estimate of drug-likeness (QED) is 0.907. The van der Waals surface area contributed by atoms with Crippen LogP contribution in [-0.2, 0) is 6.42 Å². The lowest BCUT2D eigenvalue weighted by atomic mass is 9.98. The molecule has 1 aliphatic heterocycles. The van der Waals surface area contributed by atoms with Crippen LogP contribution in [-0.4, -0.2) is 62.7 Å². The van der Waals surface area contributed by atoms with Crippen molar-refractivity contribution < 1.29 is 0 Å². The zero-order valence-electron chi connectivity index (χ0n) is 12.8. The van der Waals surface area contributed by atoms with Crippen LogP contribution in [0.1, 0.15) is 12.0 Å². The van der Waals surface area contributed by atoms with Crippen molar-refractivity contribution in [1.82, 2.24) is 15.1 Å². The number of nitrogens with one attached hydrogen (secondary N) is 1. The highest BCUT2D eigenvalue weighted by molar-refractivity contribution is 9.10. The lowest BCUT2D eigenvalue weighted by Crippen LogP contribution is -2.52. The number of hydrogen-bond acceptors (Lipinski definition) is 3. The molecule has 1 aliphatic rings. The highest BCUT2D eigenvalue weighted by Gasteiger charge is 2.27. The summed E-state index contributed by atoms with van der Waals surface area (Å²) >= 11 is 3.50. The van der Waals surface area contributed by atoms with E-state index in [1.54, 1.807) is 0 Å². The molecule has 4 heteroatoms. The average Bonchev–Trinajstić information content (AvgIpc) is 2.60. The van der Waals surface area contributed by atoms with E-state index >= 15 is 0 Å². The summed E-state index contributed by atoms with van der Waals surface area (Å²) < 4.78 is 1.15. The van der Waals surface area contributed by atoms with Gasteiger partial charge in [-0.2, -0.15) is 0 Å². The third kappa shape index (κ3) is 4.29.